The molecule has 1 aromatic carbocycles. The van der Waals surface area contributed by atoms with Crippen LogP contribution in [0.2, 0.25) is 5.02 Å². The second kappa shape index (κ2) is 6.02. The summed E-state index contributed by atoms with van der Waals surface area (Å²) in [5.74, 6) is 0.647. The number of aromatic nitrogens is 3. The lowest BCUT2D eigenvalue weighted by molar-refractivity contribution is 0.415. The van der Waals surface area contributed by atoms with Crippen LogP contribution < -0.4 is 4.74 Å². The minimum Gasteiger partial charge on any atom is -0.495 e. The van der Waals surface area contributed by atoms with Crippen LogP contribution in [0.4, 0.5) is 0 Å². The molecule has 0 saturated carbocycles. The normalized spacial score (nSPS) is 10.7. The topological polar surface area (TPSA) is 47.9 Å². The molecular formula is C16H14ClN3OS. The molecule has 2 heterocycles. The first-order valence-corrected chi connectivity index (χ1v) is 7.88. The Morgan fingerprint density at radius 1 is 1.23 bits per heavy atom. The van der Waals surface area contributed by atoms with Gasteiger partial charge in [0.1, 0.15) is 12.1 Å². The molecule has 0 spiro atoms. The highest BCUT2D eigenvalue weighted by molar-refractivity contribution is 7.15. The molecule has 3 rings (SSSR count). The van der Waals surface area contributed by atoms with Gasteiger partial charge in [0.25, 0.3) is 0 Å². The van der Waals surface area contributed by atoms with E-state index in [0.29, 0.717) is 10.8 Å². The zero-order chi connectivity index (χ0) is 15.7. The number of hydrogen-bond donors (Lipinski definition) is 0. The Hall–Kier alpha value is -1.98. The summed E-state index contributed by atoms with van der Waals surface area (Å²) < 4.78 is 5.20. The number of ether oxygens (including phenoxy) is 1. The number of hydrogen-bond acceptors (Lipinski definition) is 5. The van der Waals surface area contributed by atoms with E-state index in [9.17, 15) is 0 Å². The van der Waals surface area contributed by atoms with Crippen molar-refractivity contribution in [2.24, 2.45) is 0 Å². The number of thiazole rings is 1. The third-order valence-electron chi connectivity index (χ3n) is 3.29. The molecule has 112 valence electrons. The van der Waals surface area contributed by atoms with E-state index in [0.717, 1.165) is 32.4 Å². The first-order chi connectivity index (χ1) is 10.6. The lowest BCUT2D eigenvalue weighted by atomic mass is 10.0. The van der Waals surface area contributed by atoms with Gasteiger partial charge in [-0.15, -0.1) is 11.3 Å². The van der Waals surface area contributed by atoms with Gasteiger partial charge in [-0.1, -0.05) is 17.7 Å². The highest BCUT2D eigenvalue weighted by atomic mass is 35.5. The summed E-state index contributed by atoms with van der Waals surface area (Å²) in [6, 6.07) is 5.67. The first kappa shape index (κ1) is 14.9. The van der Waals surface area contributed by atoms with Crippen molar-refractivity contribution in [1.29, 1.82) is 0 Å². The molecule has 0 aliphatic rings. The van der Waals surface area contributed by atoms with Gasteiger partial charge in [-0.25, -0.2) is 15.0 Å². The van der Waals surface area contributed by atoms with Crippen molar-refractivity contribution in [2.45, 2.75) is 13.8 Å². The average Bonchev–Trinajstić information content (AvgIpc) is 2.85. The van der Waals surface area contributed by atoms with Gasteiger partial charge < -0.3 is 4.74 Å². The van der Waals surface area contributed by atoms with E-state index >= 15 is 0 Å². The first-order valence-electron chi connectivity index (χ1n) is 6.68. The van der Waals surface area contributed by atoms with Crippen LogP contribution in [-0.4, -0.2) is 22.1 Å². The smallest absolute Gasteiger partial charge is 0.137 e. The Morgan fingerprint density at radius 2 is 2.05 bits per heavy atom. The maximum Gasteiger partial charge on any atom is 0.137 e. The van der Waals surface area contributed by atoms with Gasteiger partial charge in [-0.2, -0.15) is 0 Å². The zero-order valence-electron chi connectivity index (χ0n) is 12.4. The van der Waals surface area contributed by atoms with E-state index in [1.807, 2.05) is 32.0 Å². The molecular weight excluding hydrogens is 318 g/mol. The number of methoxy groups -OCH3 is 1. The van der Waals surface area contributed by atoms with E-state index in [2.05, 4.69) is 15.0 Å². The molecule has 6 heteroatoms. The quantitative estimate of drug-likeness (QED) is 0.706. The second-order valence-electron chi connectivity index (χ2n) is 4.78. The van der Waals surface area contributed by atoms with Crippen molar-refractivity contribution in [1.82, 2.24) is 15.0 Å². The number of rotatable bonds is 3. The summed E-state index contributed by atoms with van der Waals surface area (Å²) in [5, 5.41) is 1.58. The fourth-order valence-corrected chi connectivity index (χ4v) is 3.50. The Kier molecular flexibility index (Phi) is 4.09. The van der Waals surface area contributed by atoms with E-state index in [1.165, 1.54) is 0 Å². The minimum absolute atomic E-state index is 0.562. The third-order valence-corrected chi connectivity index (χ3v) is 4.67. The zero-order valence-corrected chi connectivity index (χ0v) is 14.0. The highest BCUT2D eigenvalue weighted by Crippen LogP contribution is 2.37. The van der Waals surface area contributed by atoms with Gasteiger partial charge in [0, 0.05) is 11.8 Å². The van der Waals surface area contributed by atoms with E-state index in [-0.39, 0.29) is 0 Å². The number of benzene rings is 1. The Morgan fingerprint density at radius 3 is 2.68 bits per heavy atom. The fourth-order valence-electron chi connectivity index (χ4n) is 2.31. The van der Waals surface area contributed by atoms with Gasteiger partial charge in [-0.3, -0.25) is 0 Å². The van der Waals surface area contributed by atoms with Crippen molar-refractivity contribution in [3.05, 3.63) is 46.4 Å². The number of aryl methyl sites for hydroxylation is 2. The molecule has 0 radical (unpaired) electrons. The van der Waals surface area contributed by atoms with Crippen LogP contribution in [0.5, 0.6) is 5.75 Å². The van der Waals surface area contributed by atoms with Crippen molar-refractivity contribution >= 4 is 22.9 Å². The van der Waals surface area contributed by atoms with Gasteiger partial charge in [0.2, 0.25) is 0 Å². The van der Waals surface area contributed by atoms with Crippen molar-refractivity contribution in [3.63, 3.8) is 0 Å². The molecule has 0 aliphatic heterocycles. The molecule has 0 aliphatic carbocycles. The van der Waals surface area contributed by atoms with Crippen LogP contribution in [0.15, 0.2) is 30.7 Å². The molecule has 4 nitrogen and oxygen atoms in total. The van der Waals surface area contributed by atoms with Crippen LogP contribution >= 0.6 is 22.9 Å². The Balaban J connectivity index is 2.16. The molecule has 0 unspecified atom stereocenters. The Labute approximate surface area is 137 Å². The monoisotopic (exact) mass is 331 g/mol. The molecule has 0 fully saturated rings. The van der Waals surface area contributed by atoms with Crippen LogP contribution in [-0.2, 0) is 0 Å². The largest absolute Gasteiger partial charge is 0.495 e. The molecule has 0 amide bonds. The number of halogens is 1. The third kappa shape index (κ3) is 2.69. The van der Waals surface area contributed by atoms with Crippen molar-refractivity contribution in [3.8, 4) is 27.4 Å². The van der Waals surface area contributed by atoms with E-state index in [1.54, 1.807) is 31.0 Å². The second-order valence-corrected chi connectivity index (χ2v) is 6.39. The molecule has 0 bridgehead atoms. The Bertz CT molecular complexity index is 832. The minimum atomic E-state index is 0.562. The molecule has 3 aromatic rings. The summed E-state index contributed by atoms with van der Waals surface area (Å²) in [6.07, 6.45) is 3.35. The lowest BCUT2D eigenvalue weighted by Gasteiger charge is -2.09. The standard InChI is InChI=1S/C16H14ClN3OS/c1-9-16(22-10(2)20-9)15-12(7-18-8-19-15)11-4-5-14(21-3)13(17)6-11/h4-8H,1-3H3. The van der Waals surface area contributed by atoms with Crippen LogP contribution in [0.1, 0.15) is 10.7 Å². The maximum absolute atomic E-state index is 6.24. The van der Waals surface area contributed by atoms with Crippen LogP contribution in [0.3, 0.4) is 0 Å². The lowest BCUT2D eigenvalue weighted by Crippen LogP contribution is -1.92. The SMILES string of the molecule is COc1ccc(-c2cncnc2-c2sc(C)nc2C)cc1Cl. The number of nitrogens with zero attached hydrogens (tertiary/aromatic N) is 3. The van der Waals surface area contributed by atoms with Crippen LogP contribution in [0.25, 0.3) is 21.7 Å². The highest BCUT2D eigenvalue weighted by Gasteiger charge is 2.15. The summed E-state index contributed by atoms with van der Waals surface area (Å²) in [6.45, 7) is 3.98. The maximum atomic E-state index is 6.24. The average molecular weight is 332 g/mol. The summed E-state index contributed by atoms with van der Waals surface area (Å²) in [4.78, 5) is 14.1. The van der Waals surface area contributed by atoms with E-state index < -0.39 is 0 Å². The van der Waals surface area contributed by atoms with E-state index in [4.69, 9.17) is 16.3 Å². The predicted molar refractivity (Wildman–Crippen MR) is 89.6 cm³/mol. The van der Waals surface area contributed by atoms with Gasteiger partial charge in [0.15, 0.2) is 0 Å². The molecule has 0 N–H and O–H groups in total. The predicted octanol–water partition coefficient (Wildman–Crippen LogP) is 4.55. The molecule has 2 aromatic heterocycles. The molecule has 22 heavy (non-hydrogen) atoms. The van der Waals surface area contributed by atoms with Gasteiger partial charge in [-0.05, 0) is 31.5 Å². The fraction of sp³-hybridized carbons (Fsp3) is 0.188. The summed E-state index contributed by atoms with van der Waals surface area (Å²) >= 11 is 7.87. The van der Waals surface area contributed by atoms with Crippen molar-refractivity contribution < 1.29 is 4.74 Å². The summed E-state index contributed by atoms with van der Waals surface area (Å²) in [5.41, 5.74) is 3.73. The molecule has 0 atom stereocenters. The molecule has 0 saturated heterocycles. The van der Waals surface area contributed by atoms with Gasteiger partial charge in [0.05, 0.1) is 33.4 Å². The van der Waals surface area contributed by atoms with Crippen molar-refractivity contribution in [2.75, 3.05) is 7.11 Å². The van der Waals surface area contributed by atoms with Gasteiger partial charge >= 0.3 is 0 Å². The van der Waals surface area contributed by atoms with Crippen LogP contribution in [0, 0.1) is 13.8 Å². The summed E-state index contributed by atoms with van der Waals surface area (Å²) in [7, 11) is 1.60.